The van der Waals surface area contributed by atoms with Gasteiger partial charge in [-0.25, -0.2) is 0 Å². The molecule has 4 N–H and O–H groups in total. The van der Waals surface area contributed by atoms with Gasteiger partial charge in [-0.3, -0.25) is 9.59 Å². The number of hydrogen-bond donors (Lipinski definition) is 3. The molecule has 0 aromatic heterocycles. The largest absolute Gasteiger partial charge is 0.481 e. The van der Waals surface area contributed by atoms with Crippen molar-refractivity contribution in [3.8, 4) is 0 Å². The highest BCUT2D eigenvalue weighted by Gasteiger charge is 2.81. The Morgan fingerprint density at radius 2 is 1.93 bits per heavy atom. The van der Waals surface area contributed by atoms with Gasteiger partial charge in [-0.2, -0.15) is 0 Å². The second-order valence-electron chi connectivity index (χ2n) is 4.23. The Labute approximate surface area is 84.8 Å². The molecule has 0 saturated heterocycles. The second-order valence-corrected chi connectivity index (χ2v) is 4.66. The molecule has 3 fully saturated rings. The second kappa shape index (κ2) is 2.41. The fourth-order valence-corrected chi connectivity index (χ4v) is 3.19. The van der Waals surface area contributed by atoms with Crippen molar-refractivity contribution in [1.29, 1.82) is 0 Å². The molecule has 0 spiro atoms. The molecule has 0 radical (unpaired) electrons. The van der Waals surface area contributed by atoms with E-state index in [9.17, 15) is 9.59 Å². The third kappa shape index (κ3) is 0.757. The van der Waals surface area contributed by atoms with Gasteiger partial charge >= 0.3 is 11.9 Å². The summed E-state index contributed by atoms with van der Waals surface area (Å²) >= 11 is 5.87. The first kappa shape index (κ1) is 9.73. The molecule has 2 unspecified atom stereocenters. The van der Waals surface area contributed by atoms with Crippen molar-refractivity contribution < 1.29 is 19.8 Å². The minimum Gasteiger partial charge on any atom is -0.481 e. The van der Waals surface area contributed by atoms with E-state index in [0.29, 0.717) is 0 Å². The van der Waals surface area contributed by atoms with Gasteiger partial charge in [0.1, 0.15) is 6.04 Å². The maximum absolute atomic E-state index is 10.8. The number of rotatable bonds is 3. The van der Waals surface area contributed by atoms with Crippen molar-refractivity contribution in [2.45, 2.75) is 24.3 Å². The fraction of sp³-hybridized carbons (Fsp3) is 0.750. The number of carboxylic acid groups (broad SMARTS) is 2. The number of nitrogens with two attached hydrogens (primary N) is 1. The molecular formula is C8H10ClNO4. The highest BCUT2D eigenvalue weighted by molar-refractivity contribution is 6.25. The maximum atomic E-state index is 10.8. The van der Waals surface area contributed by atoms with E-state index in [1.165, 1.54) is 0 Å². The van der Waals surface area contributed by atoms with E-state index in [2.05, 4.69) is 0 Å². The summed E-state index contributed by atoms with van der Waals surface area (Å²) in [6.07, 6.45) is 0.577. The molecule has 5 nitrogen and oxygen atoms in total. The summed E-state index contributed by atoms with van der Waals surface area (Å²) in [4.78, 5) is 21.5. The molecule has 3 saturated carbocycles. The smallest absolute Gasteiger partial charge is 0.321 e. The van der Waals surface area contributed by atoms with Crippen molar-refractivity contribution in [1.82, 2.24) is 0 Å². The highest BCUT2D eigenvalue weighted by Crippen LogP contribution is 2.76. The Balaban J connectivity index is 2.15. The van der Waals surface area contributed by atoms with E-state index in [1.54, 1.807) is 0 Å². The van der Waals surface area contributed by atoms with E-state index in [1.807, 2.05) is 0 Å². The van der Waals surface area contributed by atoms with Crippen molar-refractivity contribution in [2.24, 2.45) is 16.6 Å². The molecule has 2 bridgehead atoms. The van der Waals surface area contributed by atoms with Crippen LogP contribution in [0.15, 0.2) is 0 Å². The Kier molecular flexibility index (Phi) is 1.67. The third-order valence-corrected chi connectivity index (χ3v) is 4.44. The first-order valence-corrected chi connectivity index (χ1v) is 4.66. The SMILES string of the molecule is NC(C(=O)O)C12CC(C(=O)O)(C1)C2Cl. The van der Waals surface area contributed by atoms with Crippen molar-refractivity contribution in [3.63, 3.8) is 0 Å². The molecule has 78 valence electrons. The molecule has 0 aromatic rings. The van der Waals surface area contributed by atoms with Crippen LogP contribution in [0.5, 0.6) is 0 Å². The Morgan fingerprint density at radius 3 is 2.21 bits per heavy atom. The van der Waals surface area contributed by atoms with E-state index in [4.69, 9.17) is 27.5 Å². The lowest BCUT2D eigenvalue weighted by Gasteiger charge is -2.72. The predicted molar refractivity (Wildman–Crippen MR) is 47.0 cm³/mol. The number of hydrogen-bond acceptors (Lipinski definition) is 3. The van der Waals surface area contributed by atoms with Gasteiger partial charge < -0.3 is 15.9 Å². The maximum Gasteiger partial charge on any atom is 0.321 e. The number of halogens is 1. The number of aliphatic carboxylic acids is 2. The normalized spacial score (nSPS) is 46.0. The Morgan fingerprint density at radius 1 is 1.43 bits per heavy atom. The lowest BCUT2D eigenvalue weighted by atomic mass is 9.32. The summed E-state index contributed by atoms with van der Waals surface area (Å²) in [5.74, 6) is -2.06. The summed E-state index contributed by atoms with van der Waals surface area (Å²) in [5.41, 5.74) is 3.87. The number of carbonyl (C=O) groups is 2. The summed E-state index contributed by atoms with van der Waals surface area (Å²) in [5, 5.41) is 16.9. The van der Waals surface area contributed by atoms with Gasteiger partial charge in [-0.1, -0.05) is 0 Å². The molecule has 0 aliphatic heterocycles. The van der Waals surface area contributed by atoms with E-state index in [0.717, 1.165) is 0 Å². The monoisotopic (exact) mass is 219 g/mol. The van der Waals surface area contributed by atoms with Crippen molar-refractivity contribution in [3.05, 3.63) is 0 Å². The van der Waals surface area contributed by atoms with Crippen LogP contribution in [0.1, 0.15) is 12.8 Å². The summed E-state index contributed by atoms with van der Waals surface area (Å²) in [6, 6.07) is -1.05. The van der Waals surface area contributed by atoms with Crippen LogP contribution in [0.3, 0.4) is 0 Å². The van der Waals surface area contributed by atoms with E-state index < -0.39 is 34.2 Å². The molecule has 0 amide bonds. The average molecular weight is 220 g/mol. The van der Waals surface area contributed by atoms with Crippen LogP contribution >= 0.6 is 11.6 Å². The Hall–Kier alpha value is -0.810. The van der Waals surface area contributed by atoms with Gasteiger partial charge in [0.15, 0.2) is 0 Å². The van der Waals surface area contributed by atoms with Gasteiger partial charge in [0.05, 0.1) is 10.8 Å². The molecule has 0 heterocycles. The van der Waals surface area contributed by atoms with Crippen LogP contribution in [0.25, 0.3) is 0 Å². The van der Waals surface area contributed by atoms with Crippen LogP contribution < -0.4 is 5.73 Å². The summed E-state index contributed by atoms with van der Waals surface area (Å²) in [7, 11) is 0. The van der Waals surface area contributed by atoms with Gasteiger partial charge in [0, 0.05) is 5.41 Å². The molecule has 6 heteroatoms. The summed E-state index contributed by atoms with van der Waals surface area (Å²) < 4.78 is 0. The molecule has 0 aromatic carbocycles. The third-order valence-electron chi connectivity index (χ3n) is 3.59. The van der Waals surface area contributed by atoms with Crippen LogP contribution in [0.2, 0.25) is 0 Å². The number of alkyl halides is 1. The molecule has 3 aliphatic carbocycles. The minimum atomic E-state index is -1.12. The topological polar surface area (TPSA) is 101 Å². The fourth-order valence-electron chi connectivity index (χ4n) is 2.65. The molecule has 3 aliphatic rings. The molecular weight excluding hydrogens is 210 g/mol. The molecule has 3 rings (SSSR count). The van der Waals surface area contributed by atoms with Crippen molar-refractivity contribution in [2.75, 3.05) is 0 Å². The zero-order valence-electron chi connectivity index (χ0n) is 7.24. The quantitative estimate of drug-likeness (QED) is 0.574. The predicted octanol–water partition coefficient (Wildman–Crippen LogP) is -0.130. The van der Waals surface area contributed by atoms with E-state index in [-0.39, 0.29) is 12.8 Å². The van der Waals surface area contributed by atoms with E-state index >= 15 is 0 Å². The average Bonchev–Trinajstić information content (AvgIpc) is 2.00. The standard InChI is InChI=1S/C8H10ClNO4/c9-5-7(3(10)4(11)12)1-8(5,2-7)6(13)14/h3,5H,1-2,10H2,(H,11,12)(H,13,14). The van der Waals surface area contributed by atoms with Crippen molar-refractivity contribution >= 4 is 23.5 Å². The zero-order chi connectivity index (χ0) is 10.7. The van der Waals surface area contributed by atoms with Gasteiger partial charge in [0.25, 0.3) is 0 Å². The number of carboxylic acids is 2. The highest BCUT2D eigenvalue weighted by atomic mass is 35.5. The Bertz CT molecular complexity index is 323. The van der Waals surface area contributed by atoms with Gasteiger partial charge in [-0.15, -0.1) is 11.6 Å². The van der Waals surface area contributed by atoms with Gasteiger partial charge in [-0.05, 0) is 12.8 Å². The lowest BCUT2D eigenvalue weighted by molar-refractivity contribution is -0.227. The van der Waals surface area contributed by atoms with Crippen LogP contribution in [-0.2, 0) is 9.59 Å². The summed E-state index contributed by atoms with van der Waals surface area (Å²) in [6.45, 7) is 0. The molecule has 14 heavy (non-hydrogen) atoms. The first-order valence-electron chi connectivity index (χ1n) is 4.23. The van der Waals surface area contributed by atoms with Crippen LogP contribution in [0.4, 0.5) is 0 Å². The van der Waals surface area contributed by atoms with Crippen LogP contribution in [-0.4, -0.2) is 33.6 Å². The first-order chi connectivity index (χ1) is 6.37. The van der Waals surface area contributed by atoms with Crippen LogP contribution in [0, 0.1) is 10.8 Å². The van der Waals surface area contributed by atoms with Gasteiger partial charge in [0.2, 0.25) is 0 Å². The minimum absolute atomic E-state index is 0.289. The molecule has 2 atom stereocenters. The zero-order valence-corrected chi connectivity index (χ0v) is 7.99. The lowest BCUT2D eigenvalue weighted by Crippen LogP contribution is -2.80.